The van der Waals surface area contributed by atoms with E-state index in [1.165, 1.54) is 0 Å². The van der Waals surface area contributed by atoms with Crippen LogP contribution in [0.15, 0.2) is 71.4 Å². The summed E-state index contributed by atoms with van der Waals surface area (Å²) in [5.74, 6) is 1.05. The molecular weight excluding hydrogens is 436 g/mol. The number of nitrogens with one attached hydrogen (secondary N) is 2. The highest BCUT2D eigenvalue weighted by Crippen LogP contribution is 2.34. The van der Waals surface area contributed by atoms with Crippen molar-refractivity contribution in [3.8, 4) is 6.07 Å². The molecule has 1 aliphatic carbocycles. The second-order valence-electron chi connectivity index (χ2n) is 8.97. The first-order valence-corrected chi connectivity index (χ1v) is 11.9. The highest BCUT2D eigenvalue weighted by Gasteiger charge is 2.27. The molecule has 2 aliphatic rings. The molecule has 0 saturated carbocycles. The third-order valence-electron chi connectivity index (χ3n) is 6.93. The van der Waals surface area contributed by atoms with E-state index in [4.69, 9.17) is 4.99 Å². The fourth-order valence-corrected chi connectivity index (χ4v) is 4.97. The maximum absolute atomic E-state index is 12.8. The number of allylic oxidation sites excluding steroid dienone is 2. The Labute approximate surface area is 205 Å². The number of hydrogen-bond acceptors (Lipinski definition) is 5. The predicted molar refractivity (Wildman–Crippen MR) is 137 cm³/mol. The van der Waals surface area contributed by atoms with Gasteiger partial charge in [-0.3, -0.25) is 9.79 Å². The van der Waals surface area contributed by atoms with Crippen LogP contribution in [0.5, 0.6) is 0 Å². The van der Waals surface area contributed by atoms with Gasteiger partial charge in [0.2, 0.25) is 0 Å². The number of benzene rings is 2. The number of para-hydroxylation sites is 1. The number of carbonyl (C=O) groups excluding carboxylic acids is 1. The van der Waals surface area contributed by atoms with Crippen LogP contribution in [-0.4, -0.2) is 34.3 Å². The summed E-state index contributed by atoms with van der Waals surface area (Å²) in [7, 11) is 2.01. The lowest BCUT2D eigenvalue weighted by Crippen LogP contribution is -2.26. The summed E-state index contributed by atoms with van der Waals surface area (Å²) >= 11 is 0. The number of aliphatic imine (C=N–C) groups is 1. The number of carbonyl (C=O) groups is 1. The second kappa shape index (κ2) is 9.69. The van der Waals surface area contributed by atoms with Gasteiger partial charge in [0.1, 0.15) is 11.9 Å². The van der Waals surface area contributed by atoms with Gasteiger partial charge in [0.15, 0.2) is 0 Å². The third-order valence-corrected chi connectivity index (χ3v) is 6.93. The van der Waals surface area contributed by atoms with Crippen LogP contribution in [0.4, 0.5) is 5.69 Å². The van der Waals surface area contributed by atoms with Crippen LogP contribution >= 0.6 is 0 Å². The highest BCUT2D eigenvalue weighted by molar-refractivity contribution is 6.07. The second-order valence-corrected chi connectivity index (χ2v) is 8.97. The fourth-order valence-electron chi connectivity index (χ4n) is 4.97. The molecular formula is C28H28N6O. The Morgan fingerprint density at radius 3 is 2.74 bits per heavy atom. The molecule has 0 spiro atoms. The van der Waals surface area contributed by atoms with E-state index in [9.17, 15) is 10.1 Å². The zero-order valence-electron chi connectivity index (χ0n) is 20.0. The average molecular weight is 465 g/mol. The number of imidazole rings is 1. The van der Waals surface area contributed by atoms with Crippen LogP contribution < -0.4 is 10.6 Å². The van der Waals surface area contributed by atoms with Crippen molar-refractivity contribution in [1.29, 1.82) is 5.26 Å². The average Bonchev–Trinajstić information content (AvgIpc) is 3.16. The number of fused-ring (bicyclic) bond motifs is 2. The minimum absolute atomic E-state index is 0.0956. The number of nitrogens with zero attached hydrogens (tertiary/aromatic N) is 4. The van der Waals surface area contributed by atoms with Gasteiger partial charge in [-0.2, -0.15) is 5.26 Å². The summed E-state index contributed by atoms with van der Waals surface area (Å²) in [6, 6.07) is 17.8. The van der Waals surface area contributed by atoms with Crippen molar-refractivity contribution in [2.75, 3.05) is 18.4 Å². The summed E-state index contributed by atoms with van der Waals surface area (Å²) in [5, 5.41) is 16.4. The molecule has 2 atom stereocenters. The van der Waals surface area contributed by atoms with Crippen LogP contribution in [0.3, 0.4) is 0 Å². The van der Waals surface area contributed by atoms with Gasteiger partial charge in [-0.15, -0.1) is 0 Å². The van der Waals surface area contributed by atoms with E-state index in [0.717, 1.165) is 46.9 Å². The molecule has 0 radical (unpaired) electrons. The topological polar surface area (TPSA) is 95.1 Å². The first-order chi connectivity index (χ1) is 17.1. The predicted octanol–water partition coefficient (Wildman–Crippen LogP) is 4.44. The van der Waals surface area contributed by atoms with Crippen molar-refractivity contribution in [1.82, 2.24) is 14.9 Å². The van der Waals surface area contributed by atoms with Crippen molar-refractivity contribution < 1.29 is 4.79 Å². The fraction of sp³-hybridized carbons (Fsp3) is 0.286. The van der Waals surface area contributed by atoms with Crippen LogP contribution in [0.1, 0.15) is 57.8 Å². The third kappa shape index (κ3) is 4.41. The van der Waals surface area contributed by atoms with Crippen molar-refractivity contribution in [3.63, 3.8) is 0 Å². The molecule has 0 bridgehead atoms. The summed E-state index contributed by atoms with van der Waals surface area (Å²) in [5.41, 5.74) is 6.12. The van der Waals surface area contributed by atoms with E-state index < -0.39 is 0 Å². The van der Waals surface area contributed by atoms with E-state index in [0.29, 0.717) is 24.2 Å². The normalized spacial score (nSPS) is 20.3. The first-order valence-electron chi connectivity index (χ1n) is 11.9. The molecule has 0 fully saturated rings. The van der Waals surface area contributed by atoms with Crippen LogP contribution in [0, 0.1) is 18.3 Å². The van der Waals surface area contributed by atoms with E-state index >= 15 is 0 Å². The van der Waals surface area contributed by atoms with Gasteiger partial charge in [0, 0.05) is 42.7 Å². The molecule has 5 rings (SSSR count). The van der Waals surface area contributed by atoms with Crippen molar-refractivity contribution in [2.45, 2.75) is 31.7 Å². The number of nitriles is 1. The van der Waals surface area contributed by atoms with E-state index in [-0.39, 0.29) is 17.9 Å². The van der Waals surface area contributed by atoms with Gasteiger partial charge in [0.05, 0.1) is 23.9 Å². The standard InChI is InChI=1S/C28H28N6O/c1-18-32-17-26(34(18)2)19-11-12-24(20(15-19)16-29)30-13-14-31-27-21-7-3-4-8-22(21)28(35)33-25-10-6-5-9-23(25)27/h3-10,15,17,19,27,31H,11-14H2,1-2H3,(H,33,35). The quantitative estimate of drug-likeness (QED) is 0.546. The molecule has 2 N–H and O–H groups in total. The lowest BCUT2D eigenvalue weighted by molar-refractivity contribution is 0.102. The lowest BCUT2D eigenvalue weighted by Gasteiger charge is -2.22. The molecule has 0 saturated heterocycles. The maximum Gasteiger partial charge on any atom is 0.256 e. The Hall–Kier alpha value is -4.02. The molecule has 2 aromatic carbocycles. The van der Waals surface area contributed by atoms with E-state index in [1.54, 1.807) is 0 Å². The monoisotopic (exact) mass is 464 g/mol. The number of hydrogen-bond donors (Lipinski definition) is 2. The zero-order chi connectivity index (χ0) is 24.4. The van der Waals surface area contributed by atoms with Gasteiger partial charge in [0.25, 0.3) is 5.91 Å². The van der Waals surface area contributed by atoms with Gasteiger partial charge >= 0.3 is 0 Å². The largest absolute Gasteiger partial charge is 0.335 e. The summed E-state index contributed by atoms with van der Waals surface area (Å²) in [6.45, 7) is 3.15. The minimum Gasteiger partial charge on any atom is -0.335 e. The number of rotatable bonds is 5. The molecule has 2 unspecified atom stereocenters. The summed E-state index contributed by atoms with van der Waals surface area (Å²) in [4.78, 5) is 21.9. The van der Waals surface area contributed by atoms with E-state index in [1.807, 2.05) is 74.8 Å². The first kappa shape index (κ1) is 22.8. The number of aryl methyl sites for hydroxylation is 1. The molecule has 1 aliphatic heterocycles. The van der Waals surface area contributed by atoms with Crippen LogP contribution in [0.25, 0.3) is 0 Å². The van der Waals surface area contributed by atoms with E-state index in [2.05, 4.69) is 26.3 Å². The van der Waals surface area contributed by atoms with Gasteiger partial charge < -0.3 is 15.2 Å². The molecule has 176 valence electrons. The number of aromatic nitrogens is 2. The Morgan fingerprint density at radius 2 is 1.97 bits per heavy atom. The van der Waals surface area contributed by atoms with Crippen molar-refractivity contribution >= 4 is 17.3 Å². The Bertz CT molecular complexity index is 1380. The number of anilines is 1. The number of amides is 1. The molecule has 7 nitrogen and oxygen atoms in total. The van der Waals surface area contributed by atoms with Crippen molar-refractivity contribution in [2.24, 2.45) is 12.0 Å². The van der Waals surface area contributed by atoms with Gasteiger partial charge in [-0.1, -0.05) is 42.5 Å². The Balaban J connectivity index is 1.32. The zero-order valence-corrected chi connectivity index (χ0v) is 20.0. The smallest absolute Gasteiger partial charge is 0.256 e. The Kier molecular flexibility index (Phi) is 6.30. The maximum atomic E-state index is 12.8. The lowest BCUT2D eigenvalue weighted by atomic mass is 9.87. The van der Waals surface area contributed by atoms with Gasteiger partial charge in [-0.25, -0.2) is 4.98 Å². The van der Waals surface area contributed by atoms with Crippen molar-refractivity contribution in [3.05, 3.63) is 94.6 Å². The molecule has 7 heteroatoms. The SMILES string of the molecule is Cc1ncc(C2C=C(C#N)C(=NCCNC3c4ccccc4NC(=O)c4ccccc43)CC2)n1C. The van der Waals surface area contributed by atoms with Crippen LogP contribution in [0.2, 0.25) is 0 Å². The highest BCUT2D eigenvalue weighted by atomic mass is 16.1. The molecule has 1 aromatic heterocycles. The minimum atomic E-state index is -0.128. The Morgan fingerprint density at radius 1 is 1.20 bits per heavy atom. The molecule has 1 amide bonds. The molecule has 3 aromatic rings. The van der Waals surface area contributed by atoms with Crippen LogP contribution in [-0.2, 0) is 7.05 Å². The van der Waals surface area contributed by atoms with Gasteiger partial charge in [-0.05, 0) is 43.0 Å². The molecule has 2 heterocycles. The summed E-state index contributed by atoms with van der Waals surface area (Å²) < 4.78 is 2.09. The molecule has 35 heavy (non-hydrogen) atoms. The summed E-state index contributed by atoms with van der Waals surface area (Å²) in [6.07, 6.45) is 5.61.